The summed E-state index contributed by atoms with van der Waals surface area (Å²) in [5.41, 5.74) is 8.51. The largest absolute Gasteiger partial charge is 0.398 e. The van der Waals surface area contributed by atoms with Crippen LogP contribution in [0.25, 0.3) is 0 Å². The number of amides is 1. The number of carbonyl (C=O) groups excluding carboxylic acids is 1. The van der Waals surface area contributed by atoms with Crippen molar-refractivity contribution in [3.8, 4) is 0 Å². The lowest BCUT2D eigenvalue weighted by Gasteiger charge is -2.47. The van der Waals surface area contributed by atoms with Crippen molar-refractivity contribution < 1.29 is 23.2 Å². The van der Waals surface area contributed by atoms with Gasteiger partial charge in [0.1, 0.15) is 36.1 Å². The molecule has 20 heteroatoms. The number of nitrogens with one attached hydrogen (secondary N) is 2. The average Bonchev–Trinajstić information content (AvgIpc) is 3.29. The van der Waals surface area contributed by atoms with E-state index in [1.165, 1.54) is 46.3 Å². The summed E-state index contributed by atoms with van der Waals surface area (Å²) < 4.78 is 15.5. The van der Waals surface area contributed by atoms with E-state index in [1.807, 2.05) is 17.0 Å². The van der Waals surface area contributed by atoms with E-state index >= 15 is 0 Å². The molecule has 5 heterocycles. The lowest BCUT2D eigenvalue weighted by atomic mass is 9.92. The molecule has 0 radical (unpaired) electrons. The van der Waals surface area contributed by atoms with Crippen LogP contribution in [-0.2, 0) is 18.4 Å². The summed E-state index contributed by atoms with van der Waals surface area (Å²) in [6.07, 6.45) is 14.5. The number of hydrogen-bond donors (Lipinski definition) is 3. The SMILES string of the molecule is CC[C@H]1CN(c2ncc(NSOOC)cc2Cl)CCN1C1CCCCC1.CC[C@H]1CN(c2ncc(NSOOC)cc2Cl)CCN1C1CCN(C(=O)c2ccc(Cl)cc2N)CC1. The fraction of sp³-hybridized carbons (Fsp3) is 0.595. The Labute approximate surface area is 390 Å². The van der Waals surface area contributed by atoms with Crippen molar-refractivity contribution in [2.45, 2.75) is 95.8 Å². The van der Waals surface area contributed by atoms with E-state index in [9.17, 15) is 4.79 Å². The third-order valence-electron chi connectivity index (χ3n) is 12.3. The van der Waals surface area contributed by atoms with Crippen LogP contribution in [0.4, 0.5) is 28.7 Å². The fourth-order valence-electron chi connectivity index (χ4n) is 9.16. The van der Waals surface area contributed by atoms with Crippen LogP contribution >= 0.6 is 59.3 Å². The highest BCUT2D eigenvalue weighted by Crippen LogP contribution is 2.34. The number of aromatic nitrogens is 2. The van der Waals surface area contributed by atoms with E-state index < -0.39 is 0 Å². The fourth-order valence-corrected chi connectivity index (χ4v) is 10.5. The van der Waals surface area contributed by atoms with Gasteiger partial charge in [-0.1, -0.05) is 67.9 Å². The smallest absolute Gasteiger partial charge is 0.255 e. The van der Waals surface area contributed by atoms with Crippen LogP contribution in [0.5, 0.6) is 0 Å². The first kappa shape index (κ1) is 48.8. The minimum atomic E-state index is -0.0229. The topological polar surface area (TPSA) is 146 Å². The third kappa shape index (κ3) is 13.0. The Kier molecular flexibility index (Phi) is 19.3. The maximum atomic E-state index is 13.0. The predicted molar refractivity (Wildman–Crippen MR) is 255 cm³/mol. The molecular weight excluding hydrogens is 895 g/mol. The van der Waals surface area contributed by atoms with Gasteiger partial charge in [-0.3, -0.25) is 14.6 Å². The van der Waals surface area contributed by atoms with Gasteiger partial charge in [-0.2, -0.15) is 0 Å². The number of nitrogens with zero attached hydrogens (tertiary/aromatic N) is 7. The molecule has 0 unspecified atom stereocenters. The zero-order valence-corrected chi connectivity index (χ0v) is 40.0. The van der Waals surface area contributed by atoms with Gasteiger partial charge in [-0.15, -0.1) is 8.67 Å². The average molecular weight is 957 g/mol. The number of halogens is 3. The molecule has 4 N–H and O–H groups in total. The van der Waals surface area contributed by atoms with E-state index in [-0.39, 0.29) is 5.91 Å². The van der Waals surface area contributed by atoms with Crippen molar-refractivity contribution >= 4 is 93.9 Å². The van der Waals surface area contributed by atoms with Crippen LogP contribution in [0.1, 0.15) is 82.0 Å². The van der Waals surface area contributed by atoms with Gasteiger partial charge >= 0.3 is 0 Å². The molecule has 7 rings (SSSR count). The lowest BCUT2D eigenvalue weighted by molar-refractivity contribution is -0.159. The molecule has 3 saturated heterocycles. The van der Waals surface area contributed by atoms with Crippen molar-refractivity contribution in [1.82, 2.24) is 24.7 Å². The first-order valence-electron chi connectivity index (χ1n) is 21.5. The molecule has 1 saturated carbocycles. The van der Waals surface area contributed by atoms with E-state index in [2.05, 4.69) is 62.6 Å². The highest BCUT2D eigenvalue weighted by atomic mass is 35.5. The van der Waals surface area contributed by atoms with Crippen LogP contribution < -0.4 is 25.0 Å². The van der Waals surface area contributed by atoms with Crippen LogP contribution in [0.2, 0.25) is 15.1 Å². The van der Waals surface area contributed by atoms with Crippen molar-refractivity contribution in [3.05, 3.63) is 63.4 Å². The van der Waals surface area contributed by atoms with Gasteiger partial charge in [0.2, 0.25) is 0 Å². The standard InChI is InChI=1S/C24H32Cl2N6O3S.C18H29ClN4O2S/c1-3-18-15-31(23-21(26)13-17(14-28-23)29-36-35-34-2)10-11-32(18)19-6-8-30(9-7-19)24(33)20-5-4-16(25)12-22(20)27;1-3-15-13-22(9-10-23(15)16-7-5-4-6-8-16)18-17(19)11-14(12-20-18)21-26-25-24-2/h4-5,12-14,18-19,29H,3,6-11,15,27H2,1-2H3;11-12,15-16,21H,3-10,13H2,1-2H3/t18-;15-/m00/s1. The predicted octanol–water partition coefficient (Wildman–Crippen LogP) is 9.25. The number of hydrogen-bond acceptors (Lipinski definition) is 16. The molecule has 4 aliphatic rings. The molecule has 0 spiro atoms. The van der Waals surface area contributed by atoms with Gasteiger partial charge in [0.05, 0.1) is 53.6 Å². The van der Waals surface area contributed by atoms with Crippen molar-refractivity contribution in [2.75, 3.05) is 91.6 Å². The molecule has 2 aromatic heterocycles. The van der Waals surface area contributed by atoms with Gasteiger partial charge in [0.15, 0.2) is 0 Å². The number of likely N-dealkylation sites (tertiary alicyclic amines) is 1. The Morgan fingerprint density at radius 1 is 0.726 bits per heavy atom. The number of benzene rings is 1. The quantitative estimate of drug-likeness (QED) is 0.0332. The zero-order chi connectivity index (χ0) is 44.0. The maximum Gasteiger partial charge on any atom is 0.255 e. The Morgan fingerprint density at radius 2 is 1.23 bits per heavy atom. The molecular formula is C42H61Cl3N10O5S2. The van der Waals surface area contributed by atoms with Gasteiger partial charge < -0.3 is 29.9 Å². The first-order chi connectivity index (χ1) is 30.1. The van der Waals surface area contributed by atoms with E-state index in [4.69, 9.17) is 49.2 Å². The Morgan fingerprint density at radius 3 is 1.68 bits per heavy atom. The van der Waals surface area contributed by atoms with Gasteiger partial charge in [0.25, 0.3) is 5.91 Å². The normalized spacial score (nSPS) is 20.8. The molecule has 1 aliphatic carbocycles. The van der Waals surface area contributed by atoms with Crippen molar-refractivity contribution in [1.29, 1.82) is 0 Å². The second-order valence-corrected chi connectivity index (χ2v) is 18.2. The van der Waals surface area contributed by atoms with Crippen LogP contribution in [0.3, 0.4) is 0 Å². The van der Waals surface area contributed by atoms with Crippen molar-refractivity contribution in [3.63, 3.8) is 0 Å². The minimum absolute atomic E-state index is 0.0229. The van der Waals surface area contributed by atoms with Gasteiger partial charge in [-0.05, 0) is 68.9 Å². The summed E-state index contributed by atoms with van der Waals surface area (Å²) in [7, 11) is 2.90. The van der Waals surface area contributed by atoms with Crippen molar-refractivity contribution in [2.24, 2.45) is 0 Å². The maximum absolute atomic E-state index is 13.0. The van der Waals surface area contributed by atoms with Crippen LogP contribution in [0.15, 0.2) is 42.7 Å². The van der Waals surface area contributed by atoms with Crippen LogP contribution in [0, 0.1) is 0 Å². The molecule has 15 nitrogen and oxygen atoms in total. The van der Waals surface area contributed by atoms with Crippen LogP contribution in [-0.4, -0.2) is 121 Å². The number of nitrogens with two attached hydrogens (primary N) is 1. The molecule has 3 aliphatic heterocycles. The first-order valence-corrected chi connectivity index (χ1v) is 24.2. The summed E-state index contributed by atoms with van der Waals surface area (Å²) in [6, 6.07) is 10.9. The second-order valence-electron chi connectivity index (χ2n) is 15.9. The number of carbonyl (C=O) groups is 1. The number of piperazine rings is 2. The highest BCUT2D eigenvalue weighted by Gasteiger charge is 2.36. The Bertz CT molecular complexity index is 1880. The number of piperidine rings is 1. The molecule has 1 aromatic carbocycles. The summed E-state index contributed by atoms with van der Waals surface area (Å²) >= 11 is 21.0. The number of nitrogen functional groups attached to an aromatic ring is 1. The monoisotopic (exact) mass is 954 g/mol. The Hall–Kier alpha value is -2.68. The summed E-state index contributed by atoms with van der Waals surface area (Å²) in [5, 5.41) is 1.79. The third-order valence-corrected chi connectivity index (χ3v) is 14.1. The molecule has 4 fully saturated rings. The molecule has 62 heavy (non-hydrogen) atoms. The van der Waals surface area contributed by atoms with E-state index in [1.54, 1.807) is 30.6 Å². The van der Waals surface area contributed by atoms with E-state index in [0.29, 0.717) is 44.4 Å². The number of rotatable bonds is 15. The summed E-state index contributed by atoms with van der Waals surface area (Å²) in [5.74, 6) is 1.64. The number of anilines is 5. The van der Waals surface area contributed by atoms with E-state index in [0.717, 1.165) is 132 Å². The highest BCUT2D eigenvalue weighted by molar-refractivity contribution is 7.96. The molecule has 1 amide bonds. The molecule has 342 valence electrons. The second kappa shape index (κ2) is 24.6. The molecule has 3 aromatic rings. The lowest BCUT2D eigenvalue weighted by Crippen LogP contribution is -2.58. The summed E-state index contributed by atoms with van der Waals surface area (Å²) in [6.45, 7) is 11.6. The van der Waals surface area contributed by atoms with Gasteiger partial charge in [-0.25, -0.2) is 19.7 Å². The molecule has 2 atom stereocenters. The number of pyridine rings is 2. The zero-order valence-electron chi connectivity index (χ0n) is 36.1. The van der Waals surface area contributed by atoms with Gasteiger partial charge in [0, 0.05) is 87.2 Å². The Balaban J connectivity index is 0.000000218. The minimum Gasteiger partial charge on any atom is -0.398 e. The molecule has 0 bridgehead atoms. The summed E-state index contributed by atoms with van der Waals surface area (Å²) in [4.78, 5) is 43.1.